The Morgan fingerprint density at radius 3 is 2.46 bits per heavy atom. The molecule has 0 aromatic carbocycles. The summed E-state index contributed by atoms with van der Waals surface area (Å²) in [5, 5.41) is 9.07. The molecule has 4 nitrogen and oxygen atoms in total. The molecule has 0 aliphatic rings. The summed E-state index contributed by atoms with van der Waals surface area (Å²) in [7, 11) is 1.69. The summed E-state index contributed by atoms with van der Waals surface area (Å²) in [5.74, 6) is -0.0883. The van der Waals surface area contributed by atoms with Crippen molar-refractivity contribution in [2.24, 2.45) is 11.7 Å². The molecule has 0 saturated heterocycles. The fourth-order valence-electron chi connectivity index (χ4n) is 1.24. The number of nitrogens with zero attached hydrogens (tertiary/aromatic N) is 1. The van der Waals surface area contributed by atoms with Crippen molar-refractivity contribution in [2.75, 3.05) is 20.1 Å². The Morgan fingerprint density at radius 2 is 2.15 bits per heavy atom. The van der Waals surface area contributed by atoms with Gasteiger partial charge in [0.1, 0.15) is 0 Å². The molecule has 0 aliphatic heterocycles. The average Bonchev–Trinajstić information content (AvgIpc) is 2.05. The van der Waals surface area contributed by atoms with Crippen LogP contribution >= 0.6 is 0 Å². The zero-order chi connectivity index (χ0) is 10.4. The van der Waals surface area contributed by atoms with E-state index < -0.39 is 6.10 Å². The van der Waals surface area contributed by atoms with E-state index in [9.17, 15) is 4.79 Å². The maximum absolute atomic E-state index is 11.6. The quantitative estimate of drug-likeness (QED) is 0.628. The van der Waals surface area contributed by atoms with E-state index in [1.54, 1.807) is 14.0 Å². The number of hydrogen-bond acceptors (Lipinski definition) is 3. The van der Waals surface area contributed by atoms with Crippen molar-refractivity contribution in [1.82, 2.24) is 4.90 Å². The molecular weight excluding hydrogens is 168 g/mol. The van der Waals surface area contributed by atoms with Crippen molar-refractivity contribution >= 4 is 5.91 Å². The molecule has 0 aromatic rings. The van der Waals surface area contributed by atoms with E-state index in [0.717, 1.165) is 6.42 Å². The number of aliphatic hydroxyl groups excluding tert-OH is 1. The Kier molecular flexibility index (Phi) is 5.66. The van der Waals surface area contributed by atoms with E-state index in [1.807, 2.05) is 6.92 Å². The van der Waals surface area contributed by atoms with Gasteiger partial charge in [-0.25, -0.2) is 0 Å². The van der Waals surface area contributed by atoms with Crippen molar-refractivity contribution in [3.8, 4) is 0 Å². The summed E-state index contributed by atoms with van der Waals surface area (Å²) in [6.07, 6.45) is 0.267. The Balaban J connectivity index is 4.07. The van der Waals surface area contributed by atoms with Crippen LogP contribution in [-0.2, 0) is 4.79 Å². The molecule has 1 amide bonds. The lowest BCUT2D eigenvalue weighted by molar-refractivity contribution is -0.135. The van der Waals surface area contributed by atoms with Gasteiger partial charge in [0, 0.05) is 20.1 Å². The first-order chi connectivity index (χ1) is 6.02. The monoisotopic (exact) mass is 188 g/mol. The van der Waals surface area contributed by atoms with Gasteiger partial charge in [0.15, 0.2) is 0 Å². The van der Waals surface area contributed by atoms with Crippen LogP contribution in [0.25, 0.3) is 0 Å². The highest BCUT2D eigenvalue weighted by atomic mass is 16.3. The van der Waals surface area contributed by atoms with Crippen molar-refractivity contribution in [3.05, 3.63) is 0 Å². The highest BCUT2D eigenvalue weighted by Gasteiger charge is 2.19. The molecule has 0 aromatic heterocycles. The minimum absolute atomic E-state index is 0.0194. The molecule has 0 spiro atoms. The Morgan fingerprint density at radius 1 is 1.62 bits per heavy atom. The molecule has 0 radical (unpaired) electrons. The van der Waals surface area contributed by atoms with Crippen molar-refractivity contribution in [1.29, 1.82) is 0 Å². The van der Waals surface area contributed by atoms with E-state index in [1.165, 1.54) is 4.90 Å². The van der Waals surface area contributed by atoms with E-state index >= 15 is 0 Å². The molecule has 3 N–H and O–H groups in total. The number of carbonyl (C=O) groups excluding carboxylic acids is 1. The van der Waals surface area contributed by atoms with Gasteiger partial charge in [0.2, 0.25) is 5.91 Å². The first-order valence-corrected chi connectivity index (χ1v) is 4.66. The lowest BCUT2D eigenvalue weighted by atomic mass is 10.1. The molecule has 0 aliphatic carbocycles. The lowest BCUT2D eigenvalue weighted by Crippen LogP contribution is -2.39. The largest absolute Gasteiger partial charge is 0.392 e. The van der Waals surface area contributed by atoms with E-state index in [0.29, 0.717) is 13.1 Å². The maximum atomic E-state index is 11.6. The maximum Gasteiger partial charge on any atom is 0.226 e. The normalized spacial score (nSPS) is 15.2. The third-order valence-electron chi connectivity index (χ3n) is 2.04. The standard InChI is InChI=1S/C9H20N2O2/c1-4-8(5-10)9(13)11(3)6-7(2)12/h7-8,12H,4-6,10H2,1-3H3. The Labute approximate surface area is 79.7 Å². The molecule has 0 rings (SSSR count). The fraction of sp³-hybridized carbons (Fsp3) is 0.889. The lowest BCUT2D eigenvalue weighted by Gasteiger charge is -2.23. The Bertz CT molecular complexity index is 156. The molecule has 0 saturated carbocycles. The van der Waals surface area contributed by atoms with Gasteiger partial charge in [-0.2, -0.15) is 0 Å². The summed E-state index contributed by atoms with van der Waals surface area (Å²) >= 11 is 0. The van der Waals surface area contributed by atoms with Crippen LogP contribution < -0.4 is 5.73 Å². The molecule has 2 unspecified atom stereocenters. The predicted molar refractivity (Wildman–Crippen MR) is 52.2 cm³/mol. The van der Waals surface area contributed by atoms with Crippen molar-refractivity contribution < 1.29 is 9.90 Å². The average molecular weight is 188 g/mol. The van der Waals surface area contributed by atoms with Crippen LogP contribution in [0.4, 0.5) is 0 Å². The summed E-state index contributed by atoms with van der Waals surface area (Å²) in [5.41, 5.74) is 5.44. The number of likely N-dealkylation sites (N-methyl/N-ethyl adjacent to an activating group) is 1. The van der Waals surface area contributed by atoms with Crippen molar-refractivity contribution in [3.63, 3.8) is 0 Å². The first-order valence-electron chi connectivity index (χ1n) is 4.66. The summed E-state index contributed by atoms with van der Waals surface area (Å²) < 4.78 is 0. The predicted octanol–water partition coefficient (Wildman–Crippen LogP) is -0.189. The molecule has 4 heteroatoms. The number of carbonyl (C=O) groups is 1. The first kappa shape index (κ1) is 12.4. The zero-order valence-electron chi connectivity index (χ0n) is 8.66. The van der Waals surface area contributed by atoms with Gasteiger partial charge >= 0.3 is 0 Å². The summed E-state index contributed by atoms with van der Waals surface area (Å²) in [6, 6.07) is 0. The van der Waals surface area contributed by atoms with Crippen molar-refractivity contribution in [2.45, 2.75) is 26.4 Å². The van der Waals surface area contributed by atoms with Gasteiger partial charge in [0.05, 0.1) is 12.0 Å². The minimum Gasteiger partial charge on any atom is -0.392 e. The molecule has 0 bridgehead atoms. The molecule has 0 heterocycles. The molecule has 2 atom stereocenters. The molecular formula is C9H20N2O2. The number of rotatable bonds is 5. The van der Waals surface area contributed by atoms with Crippen LogP contribution in [-0.4, -0.2) is 42.2 Å². The van der Waals surface area contributed by atoms with Crippen LogP contribution in [0.2, 0.25) is 0 Å². The van der Waals surface area contributed by atoms with E-state index in [2.05, 4.69) is 0 Å². The molecule has 0 fully saturated rings. The smallest absolute Gasteiger partial charge is 0.226 e. The summed E-state index contributed by atoms with van der Waals surface area (Å²) in [4.78, 5) is 13.1. The van der Waals surface area contributed by atoms with Crippen LogP contribution in [0.3, 0.4) is 0 Å². The van der Waals surface area contributed by atoms with Gasteiger partial charge in [-0.15, -0.1) is 0 Å². The fourth-order valence-corrected chi connectivity index (χ4v) is 1.24. The topological polar surface area (TPSA) is 66.6 Å². The van der Waals surface area contributed by atoms with Gasteiger partial charge in [-0.1, -0.05) is 6.92 Å². The highest BCUT2D eigenvalue weighted by Crippen LogP contribution is 2.05. The van der Waals surface area contributed by atoms with Crippen LogP contribution in [0.1, 0.15) is 20.3 Å². The van der Waals surface area contributed by atoms with Gasteiger partial charge in [0.25, 0.3) is 0 Å². The molecule has 13 heavy (non-hydrogen) atoms. The molecule has 78 valence electrons. The van der Waals surface area contributed by atoms with E-state index in [-0.39, 0.29) is 11.8 Å². The zero-order valence-corrected chi connectivity index (χ0v) is 8.66. The van der Waals surface area contributed by atoms with Crippen LogP contribution in [0.5, 0.6) is 0 Å². The number of amides is 1. The second-order valence-corrected chi connectivity index (χ2v) is 3.41. The van der Waals surface area contributed by atoms with Crippen LogP contribution in [0, 0.1) is 5.92 Å². The minimum atomic E-state index is -0.482. The number of aliphatic hydroxyl groups is 1. The third-order valence-corrected chi connectivity index (χ3v) is 2.04. The number of hydrogen-bond donors (Lipinski definition) is 2. The SMILES string of the molecule is CCC(CN)C(=O)N(C)CC(C)O. The second-order valence-electron chi connectivity index (χ2n) is 3.41. The summed E-state index contributed by atoms with van der Waals surface area (Å²) in [6.45, 7) is 4.34. The third kappa shape index (κ3) is 4.24. The van der Waals surface area contributed by atoms with Crippen LogP contribution in [0.15, 0.2) is 0 Å². The van der Waals surface area contributed by atoms with Gasteiger partial charge < -0.3 is 15.7 Å². The highest BCUT2D eigenvalue weighted by molar-refractivity contribution is 5.78. The van der Waals surface area contributed by atoms with Gasteiger partial charge in [-0.05, 0) is 13.3 Å². The van der Waals surface area contributed by atoms with E-state index in [4.69, 9.17) is 10.8 Å². The second kappa shape index (κ2) is 5.94. The number of nitrogens with two attached hydrogens (primary N) is 1. The Hall–Kier alpha value is -0.610. The van der Waals surface area contributed by atoms with Gasteiger partial charge in [-0.3, -0.25) is 4.79 Å².